The summed E-state index contributed by atoms with van der Waals surface area (Å²) in [4.78, 5) is 14.4. The first-order valence-electron chi connectivity index (χ1n) is 10.3. The maximum Gasteiger partial charge on any atom is 0.280 e. The molecular formula is C20H21F4N9. The van der Waals surface area contributed by atoms with E-state index in [1.54, 1.807) is 36.3 Å². The fourth-order valence-corrected chi connectivity index (χ4v) is 4.14. The lowest BCUT2D eigenvalue weighted by atomic mass is 10.0. The highest BCUT2D eigenvalue weighted by Crippen LogP contribution is 2.31. The highest BCUT2D eigenvalue weighted by molar-refractivity contribution is 5.88. The number of likely N-dealkylation sites (tertiary alicyclic amines) is 1. The molecule has 33 heavy (non-hydrogen) atoms. The molecule has 0 saturated carbocycles. The third kappa shape index (κ3) is 3.92. The molecule has 0 aliphatic carbocycles. The first-order chi connectivity index (χ1) is 15.7. The van der Waals surface area contributed by atoms with Crippen LogP contribution in [0, 0.1) is 0 Å². The molecule has 5 rings (SSSR count). The second kappa shape index (κ2) is 7.83. The number of rotatable bonds is 5. The van der Waals surface area contributed by atoms with Crippen molar-refractivity contribution >= 4 is 28.4 Å². The Morgan fingerprint density at radius 1 is 1.24 bits per heavy atom. The van der Waals surface area contributed by atoms with Gasteiger partial charge < -0.3 is 20.5 Å². The number of nitrogens with two attached hydrogens (primary N) is 1. The van der Waals surface area contributed by atoms with E-state index in [-0.39, 0.29) is 24.7 Å². The second-order valence-electron chi connectivity index (χ2n) is 8.15. The predicted molar refractivity (Wildman–Crippen MR) is 114 cm³/mol. The number of alkyl halides is 4. The van der Waals surface area contributed by atoms with Crippen LogP contribution in [0.2, 0.25) is 0 Å². The molecule has 0 spiro atoms. The third-order valence-corrected chi connectivity index (χ3v) is 5.70. The first kappa shape index (κ1) is 21.4. The molecular weight excluding hydrogens is 442 g/mol. The smallest absolute Gasteiger partial charge is 0.280 e. The minimum Gasteiger partial charge on any atom is -0.382 e. The average molecular weight is 463 g/mol. The zero-order valence-corrected chi connectivity index (χ0v) is 17.6. The SMILES string of the molecule is CN1CCC(Nc2nc(N)c3c(-c4ccc5ncn(CC(F)F)c5n4)ccn3n2)C(F)(F)C1. The number of piperidine rings is 1. The van der Waals surface area contributed by atoms with Crippen LogP contribution in [0.1, 0.15) is 6.42 Å². The van der Waals surface area contributed by atoms with Crippen molar-refractivity contribution in [1.82, 2.24) is 34.0 Å². The van der Waals surface area contributed by atoms with Crippen molar-refractivity contribution in [2.75, 3.05) is 31.2 Å². The van der Waals surface area contributed by atoms with Gasteiger partial charge in [-0.05, 0) is 31.7 Å². The number of pyridine rings is 1. The number of anilines is 2. The molecule has 0 amide bonds. The fraction of sp³-hybridized carbons (Fsp3) is 0.400. The number of hydrogen-bond acceptors (Lipinski definition) is 7. The predicted octanol–water partition coefficient (Wildman–Crippen LogP) is 2.74. The first-order valence-corrected chi connectivity index (χ1v) is 10.3. The van der Waals surface area contributed by atoms with Gasteiger partial charge >= 0.3 is 0 Å². The Balaban J connectivity index is 1.49. The zero-order valence-electron chi connectivity index (χ0n) is 17.6. The Kier molecular flexibility index (Phi) is 5.07. The van der Waals surface area contributed by atoms with E-state index >= 15 is 0 Å². The molecule has 0 bridgehead atoms. The Morgan fingerprint density at radius 2 is 2.06 bits per heavy atom. The van der Waals surface area contributed by atoms with E-state index in [9.17, 15) is 17.6 Å². The van der Waals surface area contributed by atoms with Crippen LogP contribution in [0.25, 0.3) is 27.9 Å². The van der Waals surface area contributed by atoms with Gasteiger partial charge in [-0.2, -0.15) is 4.98 Å². The molecule has 1 atom stereocenters. The van der Waals surface area contributed by atoms with E-state index in [2.05, 4.69) is 25.4 Å². The Morgan fingerprint density at radius 3 is 2.82 bits per heavy atom. The van der Waals surface area contributed by atoms with E-state index < -0.39 is 24.9 Å². The van der Waals surface area contributed by atoms with Gasteiger partial charge in [0.05, 0.1) is 31.2 Å². The van der Waals surface area contributed by atoms with E-state index in [4.69, 9.17) is 5.73 Å². The molecule has 0 radical (unpaired) electrons. The monoisotopic (exact) mass is 463 g/mol. The maximum absolute atomic E-state index is 14.4. The van der Waals surface area contributed by atoms with Crippen LogP contribution < -0.4 is 11.1 Å². The van der Waals surface area contributed by atoms with Crippen LogP contribution in [-0.4, -0.2) is 72.6 Å². The van der Waals surface area contributed by atoms with Gasteiger partial charge in [-0.15, -0.1) is 5.10 Å². The Bertz CT molecular complexity index is 1320. The summed E-state index contributed by atoms with van der Waals surface area (Å²) in [5.41, 5.74) is 8.45. The van der Waals surface area contributed by atoms with Crippen LogP contribution in [0.3, 0.4) is 0 Å². The molecule has 3 N–H and O–H groups in total. The highest BCUT2D eigenvalue weighted by Gasteiger charge is 2.44. The number of nitrogens with one attached hydrogen (secondary N) is 1. The second-order valence-corrected chi connectivity index (χ2v) is 8.15. The fourth-order valence-electron chi connectivity index (χ4n) is 4.14. The largest absolute Gasteiger partial charge is 0.382 e. The number of hydrogen-bond donors (Lipinski definition) is 2. The standard InChI is InChI=1S/C20H21F4N9/c1-31-6-5-14(20(23,24)9-31)28-19-29-17(25)16-11(4-7-33(16)30-19)12-2-3-13-18(27-12)32(10-26-13)8-15(21)22/h2-4,7,10,14-15H,5-6,8-9H2,1H3,(H3,25,28,29,30). The van der Waals surface area contributed by atoms with E-state index in [1.165, 1.54) is 15.4 Å². The maximum atomic E-state index is 14.4. The zero-order chi connectivity index (χ0) is 23.3. The third-order valence-electron chi connectivity index (χ3n) is 5.70. The molecule has 1 aliphatic rings. The molecule has 4 aromatic heterocycles. The summed E-state index contributed by atoms with van der Waals surface area (Å²) >= 11 is 0. The van der Waals surface area contributed by atoms with E-state index in [1.807, 2.05) is 0 Å². The van der Waals surface area contributed by atoms with Gasteiger partial charge in [0.2, 0.25) is 5.95 Å². The number of nitrogens with zero attached hydrogens (tertiary/aromatic N) is 7. The minimum absolute atomic E-state index is 0.00482. The van der Waals surface area contributed by atoms with Crippen LogP contribution in [0.15, 0.2) is 30.7 Å². The van der Waals surface area contributed by atoms with Gasteiger partial charge in [-0.1, -0.05) is 0 Å². The van der Waals surface area contributed by atoms with Crippen LogP contribution in [0.4, 0.5) is 29.3 Å². The normalized spacial score (nSPS) is 19.0. The van der Waals surface area contributed by atoms with Gasteiger partial charge in [-0.3, -0.25) is 0 Å². The van der Waals surface area contributed by atoms with Crippen LogP contribution in [-0.2, 0) is 6.54 Å². The summed E-state index contributed by atoms with van der Waals surface area (Å²) in [6.07, 6.45) is 0.621. The molecule has 1 saturated heterocycles. The molecule has 0 aromatic carbocycles. The molecule has 1 unspecified atom stereocenters. The van der Waals surface area contributed by atoms with Gasteiger partial charge in [0.1, 0.15) is 11.0 Å². The van der Waals surface area contributed by atoms with Crippen molar-refractivity contribution in [1.29, 1.82) is 0 Å². The average Bonchev–Trinajstić information content (AvgIpc) is 3.33. The summed E-state index contributed by atoms with van der Waals surface area (Å²) in [6.45, 7) is -0.355. The number of aromatic nitrogens is 6. The Hall–Kier alpha value is -3.48. The molecule has 5 heterocycles. The molecule has 1 aliphatic heterocycles. The Labute approximate surface area is 185 Å². The van der Waals surface area contributed by atoms with Crippen molar-refractivity contribution in [2.24, 2.45) is 0 Å². The lowest BCUT2D eigenvalue weighted by Crippen LogP contribution is -2.53. The van der Waals surface area contributed by atoms with Gasteiger partial charge in [0.15, 0.2) is 11.5 Å². The topological polar surface area (TPSA) is 102 Å². The number of halogens is 4. The number of nitrogen functional groups attached to an aromatic ring is 1. The molecule has 13 heteroatoms. The summed E-state index contributed by atoms with van der Waals surface area (Å²) in [6, 6.07) is 3.97. The lowest BCUT2D eigenvalue weighted by Gasteiger charge is -2.36. The van der Waals surface area contributed by atoms with Crippen molar-refractivity contribution in [2.45, 2.75) is 31.4 Å². The van der Waals surface area contributed by atoms with Crippen molar-refractivity contribution in [3.8, 4) is 11.3 Å². The van der Waals surface area contributed by atoms with Crippen LogP contribution >= 0.6 is 0 Å². The quantitative estimate of drug-likeness (QED) is 0.439. The summed E-state index contributed by atoms with van der Waals surface area (Å²) in [5.74, 6) is -2.87. The highest BCUT2D eigenvalue weighted by atomic mass is 19.3. The van der Waals surface area contributed by atoms with Gasteiger partial charge in [-0.25, -0.2) is 32.0 Å². The van der Waals surface area contributed by atoms with Crippen molar-refractivity contribution in [3.63, 3.8) is 0 Å². The summed E-state index contributed by atoms with van der Waals surface area (Å²) < 4.78 is 57.3. The van der Waals surface area contributed by atoms with Crippen molar-refractivity contribution in [3.05, 3.63) is 30.7 Å². The molecule has 174 valence electrons. The summed E-state index contributed by atoms with van der Waals surface area (Å²) in [5, 5.41) is 7.02. The van der Waals surface area contributed by atoms with E-state index in [0.717, 1.165) is 0 Å². The lowest BCUT2D eigenvalue weighted by molar-refractivity contribution is -0.0675. The van der Waals surface area contributed by atoms with Crippen LogP contribution in [0.5, 0.6) is 0 Å². The molecule has 9 nitrogen and oxygen atoms in total. The van der Waals surface area contributed by atoms with E-state index in [0.29, 0.717) is 34.5 Å². The molecule has 4 aromatic rings. The minimum atomic E-state index is -2.94. The summed E-state index contributed by atoms with van der Waals surface area (Å²) in [7, 11) is 1.65. The number of imidazole rings is 1. The number of fused-ring (bicyclic) bond motifs is 2. The molecule has 1 fully saturated rings. The van der Waals surface area contributed by atoms with Gasteiger partial charge in [0, 0.05) is 18.3 Å². The van der Waals surface area contributed by atoms with Crippen molar-refractivity contribution < 1.29 is 17.6 Å². The van der Waals surface area contributed by atoms with Gasteiger partial charge in [0.25, 0.3) is 12.3 Å².